The standard InChI is InChI=1S/C14H25N5O/c1-14(2,3)18-12(20)11-17-13(15-4)16-7-10-19-8-5-6-9-19/h5-6,8-9H,7,10-11H2,1-4H3,(H,18,20)(H2,15,16,17). The minimum absolute atomic E-state index is 0.0501. The molecule has 0 spiro atoms. The molecule has 3 N–H and O–H groups in total. The average molecular weight is 279 g/mol. The van der Waals surface area contributed by atoms with E-state index in [9.17, 15) is 4.79 Å². The number of amides is 1. The van der Waals surface area contributed by atoms with Crippen molar-refractivity contribution in [1.29, 1.82) is 0 Å². The second-order valence-electron chi connectivity index (χ2n) is 5.57. The number of aliphatic imine (C=N–C) groups is 1. The number of hydrogen-bond acceptors (Lipinski definition) is 2. The van der Waals surface area contributed by atoms with Gasteiger partial charge in [0.15, 0.2) is 5.96 Å². The van der Waals surface area contributed by atoms with Crippen LogP contribution in [0.25, 0.3) is 0 Å². The number of aromatic nitrogens is 1. The Morgan fingerprint density at radius 1 is 1.20 bits per heavy atom. The third kappa shape index (κ3) is 6.82. The van der Waals surface area contributed by atoms with Crippen LogP contribution in [0.15, 0.2) is 29.5 Å². The van der Waals surface area contributed by atoms with Crippen molar-refractivity contribution in [1.82, 2.24) is 20.5 Å². The van der Waals surface area contributed by atoms with Gasteiger partial charge in [-0.2, -0.15) is 0 Å². The largest absolute Gasteiger partial charge is 0.355 e. The van der Waals surface area contributed by atoms with E-state index in [1.807, 2.05) is 45.3 Å². The van der Waals surface area contributed by atoms with Gasteiger partial charge in [-0.15, -0.1) is 0 Å². The molecule has 0 aliphatic heterocycles. The summed E-state index contributed by atoms with van der Waals surface area (Å²) in [6, 6.07) is 3.98. The van der Waals surface area contributed by atoms with Gasteiger partial charge in [0.25, 0.3) is 0 Å². The van der Waals surface area contributed by atoms with Crippen molar-refractivity contribution in [2.75, 3.05) is 20.1 Å². The number of hydrogen-bond donors (Lipinski definition) is 3. The fraction of sp³-hybridized carbons (Fsp3) is 0.571. The summed E-state index contributed by atoms with van der Waals surface area (Å²) in [5, 5.41) is 9.04. The zero-order valence-corrected chi connectivity index (χ0v) is 12.7. The first-order chi connectivity index (χ1) is 9.40. The van der Waals surface area contributed by atoms with Gasteiger partial charge in [-0.25, -0.2) is 0 Å². The molecule has 1 aromatic heterocycles. The smallest absolute Gasteiger partial charge is 0.239 e. The van der Waals surface area contributed by atoms with Gasteiger partial charge in [0.1, 0.15) is 0 Å². The number of nitrogens with one attached hydrogen (secondary N) is 3. The first-order valence-corrected chi connectivity index (χ1v) is 6.77. The Labute approximate surface area is 120 Å². The first kappa shape index (κ1) is 16.1. The minimum Gasteiger partial charge on any atom is -0.355 e. The molecule has 6 nitrogen and oxygen atoms in total. The molecular formula is C14H25N5O. The number of nitrogens with zero attached hydrogens (tertiary/aromatic N) is 2. The summed E-state index contributed by atoms with van der Waals surface area (Å²) in [4.78, 5) is 15.8. The Balaban J connectivity index is 2.24. The van der Waals surface area contributed by atoms with Crippen molar-refractivity contribution in [3.8, 4) is 0 Å². The van der Waals surface area contributed by atoms with Crippen LogP contribution in [0.4, 0.5) is 0 Å². The van der Waals surface area contributed by atoms with Gasteiger partial charge >= 0.3 is 0 Å². The quantitative estimate of drug-likeness (QED) is 0.545. The van der Waals surface area contributed by atoms with Crippen molar-refractivity contribution in [3.05, 3.63) is 24.5 Å². The second kappa shape index (κ2) is 7.57. The maximum absolute atomic E-state index is 11.7. The average Bonchev–Trinajstić information content (AvgIpc) is 2.84. The fourth-order valence-electron chi connectivity index (χ4n) is 1.67. The molecule has 0 fully saturated rings. The maximum Gasteiger partial charge on any atom is 0.239 e. The van der Waals surface area contributed by atoms with E-state index in [4.69, 9.17) is 0 Å². The van der Waals surface area contributed by atoms with E-state index in [0.717, 1.165) is 13.1 Å². The van der Waals surface area contributed by atoms with Crippen LogP contribution < -0.4 is 16.0 Å². The Morgan fingerprint density at radius 3 is 2.40 bits per heavy atom. The first-order valence-electron chi connectivity index (χ1n) is 6.77. The number of carbonyl (C=O) groups is 1. The van der Waals surface area contributed by atoms with E-state index in [0.29, 0.717) is 5.96 Å². The molecule has 1 heterocycles. The van der Waals surface area contributed by atoms with E-state index in [1.54, 1.807) is 7.05 Å². The van der Waals surface area contributed by atoms with E-state index < -0.39 is 0 Å². The normalized spacial score (nSPS) is 12.1. The molecule has 1 amide bonds. The van der Waals surface area contributed by atoms with Gasteiger partial charge in [0.2, 0.25) is 5.91 Å². The van der Waals surface area contributed by atoms with Gasteiger partial charge in [-0.05, 0) is 32.9 Å². The maximum atomic E-state index is 11.7. The van der Waals surface area contributed by atoms with Gasteiger partial charge in [-0.3, -0.25) is 9.79 Å². The van der Waals surface area contributed by atoms with Crippen LogP contribution in [0.3, 0.4) is 0 Å². The minimum atomic E-state index is -0.218. The van der Waals surface area contributed by atoms with E-state index in [-0.39, 0.29) is 18.0 Å². The molecule has 0 radical (unpaired) electrons. The zero-order valence-electron chi connectivity index (χ0n) is 12.7. The fourth-order valence-corrected chi connectivity index (χ4v) is 1.67. The Morgan fingerprint density at radius 2 is 1.85 bits per heavy atom. The van der Waals surface area contributed by atoms with Crippen LogP contribution >= 0.6 is 0 Å². The summed E-state index contributed by atoms with van der Waals surface area (Å²) in [5.41, 5.74) is -0.218. The number of guanidine groups is 1. The van der Waals surface area contributed by atoms with Crippen LogP contribution in [0, 0.1) is 0 Å². The molecule has 0 aromatic carbocycles. The molecule has 6 heteroatoms. The third-order valence-corrected chi connectivity index (χ3v) is 2.48. The molecule has 112 valence electrons. The molecular weight excluding hydrogens is 254 g/mol. The number of rotatable bonds is 5. The molecule has 0 unspecified atom stereocenters. The lowest BCUT2D eigenvalue weighted by molar-refractivity contribution is -0.121. The van der Waals surface area contributed by atoms with Crippen LogP contribution in [0.2, 0.25) is 0 Å². The lowest BCUT2D eigenvalue weighted by atomic mass is 10.1. The van der Waals surface area contributed by atoms with Crippen molar-refractivity contribution in [2.24, 2.45) is 4.99 Å². The molecule has 0 aliphatic rings. The van der Waals surface area contributed by atoms with Crippen LogP contribution in [0.5, 0.6) is 0 Å². The Hall–Kier alpha value is -1.98. The van der Waals surface area contributed by atoms with Crippen molar-refractivity contribution in [3.63, 3.8) is 0 Å². The predicted octanol–water partition coefficient (Wildman–Crippen LogP) is 0.568. The molecule has 0 atom stereocenters. The van der Waals surface area contributed by atoms with Gasteiger partial charge in [0, 0.05) is 38.1 Å². The highest BCUT2D eigenvalue weighted by atomic mass is 16.2. The highest BCUT2D eigenvalue weighted by Gasteiger charge is 2.13. The van der Waals surface area contributed by atoms with Crippen molar-refractivity contribution in [2.45, 2.75) is 32.9 Å². The predicted molar refractivity (Wildman–Crippen MR) is 81.7 cm³/mol. The molecule has 0 saturated heterocycles. The van der Waals surface area contributed by atoms with Crippen LogP contribution in [-0.4, -0.2) is 42.1 Å². The summed E-state index contributed by atoms with van der Waals surface area (Å²) >= 11 is 0. The van der Waals surface area contributed by atoms with Crippen molar-refractivity contribution < 1.29 is 4.79 Å². The summed E-state index contributed by atoms with van der Waals surface area (Å²) in [5.74, 6) is 0.576. The molecule has 0 bridgehead atoms. The molecule has 1 aromatic rings. The molecule has 0 aliphatic carbocycles. The number of carbonyl (C=O) groups excluding carboxylic acids is 1. The Bertz CT molecular complexity index is 431. The lowest BCUT2D eigenvalue weighted by Gasteiger charge is -2.21. The summed E-state index contributed by atoms with van der Waals surface area (Å²) in [6.07, 6.45) is 4.02. The Kier molecular flexibility index (Phi) is 6.09. The molecule has 0 saturated carbocycles. The summed E-state index contributed by atoms with van der Waals surface area (Å²) < 4.78 is 2.08. The topological polar surface area (TPSA) is 70.5 Å². The van der Waals surface area contributed by atoms with Gasteiger partial charge in [0.05, 0.1) is 6.54 Å². The lowest BCUT2D eigenvalue weighted by Crippen LogP contribution is -2.48. The van der Waals surface area contributed by atoms with Crippen LogP contribution in [-0.2, 0) is 11.3 Å². The SMILES string of the molecule is CN=C(NCCn1cccc1)NCC(=O)NC(C)(C)C. The van der Waals surface area contributed by atoms with E-state index in [2.05, 4.69) is 25.5 Å². The zero-order chi connectivity index (χ0) is 15.0. The highest BCUT2D eigenvalue weighted by molar-refractivity contribution is 5.86. The van der Waals surface area contributed by atoms with E-state index >= 15 is 0 Å². The van der Waals surface area contributed by atoms with Gasteiger partial charge < -0.3 is 20.5 Å². The second-order valence-corrected chi connectivity index (χ2v) is 5.57. The molecule has 1 rings (SSSR count). The third-order valence-electron chi connectivity index (χ3n) is 2.48. The molecule has 20 heavy (non-hydrogen) atoms. The highest BCUT2D eigenvalue weighted by Crippen LogP contribution is 1.97. The van der Waals surface area contributed by atoms with E-state index in [1.165, 1.54) is 0 Å². The summed E-state index contributed by atoms with van der Waals surface area (Å²) in [6.45, 7) is 7.66. The monoisotopic (exact) mass is 279 g/mol. The van der Waals surface area contributed by atoms with Crippen LogP contribution in [0.1, 0.15) is 20.8 Å². The van der Waals surface area contributed by atoms with Gasteiger partial charge in [-0.1, -0.05) is 0 Å². The van der Waals surface area contributed by atoms with Crippen molar-refractivity contribution >= 4 is 11.9 Å². The summed E-state index contributed by atoms with van der Waals surface area (Å²) in [7, 11) is 1.69.